The average molecular weight is 1280 g/mol. The zero-order valence-electron chi connectivity index (χ0n) is 21.2. The first-order chi connectivity index (χ1) is 18.4. The number of nitrogens with one attached hydrogen (secondary N) is 1. The molecule has 0 fully saturated rings. The first-order valence-corrected chi connectivity index (χ1v) is 29.6. The molecule has 0 saturated heterocycles. The van der Waals surface area contributed by atoms with E-state index in [0.29, 0.717) is 34.0 Å². The van der Waals surface area contributed by atoms with Crippen molar-refractivity contribution in [3.8, 4) is 0 Å². The Balaban J connectivity index is 0.000000908. The van der Waals surface area contributed by atoms with Gasteiger partial charge in [-0.15, -0.1) is 0 Å². The van der Waals surface area contributed by atoms with E-state index in [2.05, 4.69) is 38.7 Å². The number of aromatic nitrogens is 4. The van der Waals surface area contributed by atoms with Gasteiger partial charge in [-0.25, -0.2) is 37.3 Å². The number of aryl methyl sites for hydroxylation is 1. The number of hydrogen-bond donors (Lipinski definition) is 2. The normalized spacial score (nSPS) is 12.0. The second kappa shape index (κ2) is 20.5. The molecule has 6 nitrogen and oxygen atoms in total. The van der Waals surface area contributed by atoms with Gasteiger partial charge in [0.2, 0.25) is 0 Å². The maximum atomic E-state index is 6.12. The van der Waals surface area contributed by atoms with Crippen molar-refractivity contribution in [2.75, 3.05) is 12.3 Å². The molecule has 0 aliphatic rings. The molecule has 3 rings (SSSR count). The van der Waals surface area contributed by atoms with Crippen LogP contribution in [0.25, 0.3) is 11.2 Å². The van der Waals surface area contributed by atoms with Crippen LogP contribution in [0.5, 0.6) is 0 Å². The van der Waals surface area contributed by atoms with E-state index in [1.807, 2.05) is 12.1 Å². The predicted molar refractivity (Wildman–Crippen MR) is 211 cm³/mol. The van der Waals surface area contributed by atoms with Crippen LogP contribution in [0, 0.1) is 31.1 Å². The van der Waals surface area contributed by atoms with Crippen LogP contribution in [-0.4, -0.2) is 32.1 Å². The zero-order valence-corrected chi connectivity index (χ0v) is 42.1. The van der Waals surface area contributed by atoms with E-state index in [1.165, 1.54) is 18.1 Å². The summed E-state index contributed by atoms with van der Waals surface area (Å²) in [6.45, 7) is 6.35. The summed E-state index contributed by atoms with van der Waals surface area (Å²) in [5.41, 5.74) is 7.33. The predicted octanol–water partition coefficient (Wildman–Crippen LogP) is 5.08. The van der Waals surface area contributed by atoms with Crippen molar-refractivity contribution in [3.63, 3.8) is 0 Å². The van der Waals surface area contributed by atoms with E-state index in [-0.39, 0.29) is 52.2 Å². The first kappa shape index (κ1) is 45.9. The summed E-state index contributed by atoms with van der Waals surface area (Å²) in [6, 6.07) is 5.88. The fraction of sp³-hybridized carbons (Fsp3) is 0.353. The molecule has 0 aliphatic carbocycles. The molecule has 232 valence electrons. The van der Waals surface area contributed by atoms with Crippen molar-refractivity contribution in [1.29, 1.82) is 0 Å². The SMILES string of the molecule is CC(C)NCCCn1c(Sc2cc(Cl)cc(Cl)c2)nc2c(N)ncnc21.S=PS(=S)(=S)S(=S)(=S)S(=S)(=S)[S-](=S)=S.[U].[W]. The Labute approximate surface area is 343 Å². The van der Waals surface area contributed by atoms with Gasteiger partial charge < -0.3 is 15.6 Å². The average Bonchev–Trinajstić information content (AvgIpc) is 3.19. The van der Waals surface area contributed by atoms with Gasteiger partial charge in [0.25, 0.3) is 0 Å². The molecule has 0 radical (unpaired) electrons. The van der Waals surface area contributed by atoms with Gasteiger partial charge in [-0.1, -0.05) is 76.4 Å². The van der Waals surface area contributed by atoms with Crippen molar-refractivity contribution in [3.05, 3.63) is 34.6 Å². The molecule has 0 aliphatic heterocycles. The van der Waals surface area contributed by atoms with Crippen LogP contribution < -0.4 is 11.1 Å². The number of nitrogens with zero attached hydrogens (tertiary/aromatic N) is 4. The monoisotopic (exact) mass is 1280 g/mol. The van der Waals surface area contributed by atoms with Crippen molar-refractivity contribution in [2.24, 2.45) is 0 Å². The number of halogens is 2. The van der Waals surface area contributed by atoms with Gasteiger partial charge in [-0.05, 0) is 87.7 Å². The molecule has 0 unspecified atom stereocenters. The van der Waals surface area contributed by atoms with Crippen molar-refractivity contribution in [2.45, 2.75) is 42.9 Å². The molecule has 2 heterocycles. The van der Waals surface area contributed by atoms with E-state index >= 15 is 0 Å². The van der Waals surface area contributed by atoms with E-state index < -0.39 is 23.3 Å². The molecule has 0 amide bonds. The van der Waals surface area contributed by atoms with Crippen molar-refractivity contribution in [1.82, 2.24) is 24.8 Å². The molecule has 42 heavy (non-hydrogen) atoms. The number of rotatable bonds is 11. The quantitative estimate of drug-likeness (QED) is 0.116. The van der Waals surface area contributed by atoms with Gasteiger partial charge in [0.1, 0.15) is 6.33 Å². The van der Waals surface area contributed by atoms with Gasteiger partial charge >= 0.3 is 0 Å². The summed E-state index contributed by atoms with van der Waals surface area (Å²) < 4.78 is 2.06. The molecule has 3 N–H and O–H groups in total. The molecule has 0 saturated carbocycles. The Kier molecular flexibility index (Phi) is 22.4. The fourth-order valence-corrected chi connectivity index (χ4v) is 55.4. The van der Waals surface area contributed by atoms with Gasteiger partial charge in [-0.2, -0.15) is 0 Å². The molecule has 0 atom stereocenters. The van der Waals surface area contributed by atoms with Gasteiger partial charge in [0, 0.05) is 90.7 Å². The molecule has 2 aromatic heterocycles. The van der Waals surface area contributed by atoms with Crippen LogP contribution >= 0.6 is 41.5 Å². The zero-order chi connectivity index (χ0) is 30.5. The summed E-state index contributed by atoms with van der Waals surface area (Å²) in [5, 5.41) is 0.817. The van der Waals surface area contributed by atoms with Crippen molar-refractivity contribution < 1.29 is 52.2 Å². The minimum atomic E-state index is -2.31. The number of imidazole rings is 1. The summed E-state index contributed by atoms with van der Waals surface area (Å²) >= 11 is 59.6. The van der Waals surface area contributed by atoms with Gasteiger partial charge in [-0.3, -0.25) is 7.05 Å². The topological polar surface area (TPSA) is 81.7 Å². The Hall–Kier alpha value is 3.88. The molecule has 0 spiro atoms. The van der Waals surface area contributed by atoms with Crippen molar-refractivity contribution >= 4 is 183 Å². The summed E-state index contributed by atoms with van der Waals surface area (Å²) in [7, 11) is -0.998. The van der Waals surface area contributed by atoms with Crippen LogP contribution in [0.4, 0.5) is 5.82 Å². The van der Waals surface area contributed by atoms with Crippen LogP contribution in [0.2, 0.25) is 10.0 Å². The van der Waals surface area contributed by atoms with E-state index in [9.17, 15) is 0 Å². The van der Waals surface area contributed by atoms with Crippen LogP contribution in [0.3, 0.4) is 0 Å². The molecule has 3 aromatic rings. The maximum absolute atomic E-state index is 6.12. The summed E-state index contributed by atoms with van der Waals surface area (Å²) in [6.07, 6.45) is 2.41. The standard InChI is InChI=1S/C17H20Cl2N6S.PS13.U.W/c1-10(2)21-4-3-5-25-16-14(15(20)22-9-23-16)24-17(25)26-13-7-11(18)6-12(19)8-13;2-1-12(5,6)14(9,10)13(7,8)11(3)4;;/h6-10,21H,3-5H2,1-2H3,(H2,20,22,23);;;/q;-1;;. The fourth-order valence-electron chi connectivity index (χ4n) is 2.74. The number of nitrogens with two attached hydrogens (primary N) is 1. The third-order valence-electron chi connectivity index (χ3n) is 4.45. The molecule has 1 aromatic carbocycles. The Bertz CT molecular complexity index is 1790. The number of nitrogen functional groups attached to an aromatic ring is 1. The van der Waals surface area contributed by atoms with Gasteiger partial charge in [0.15, 0.2) is 22.1 Å². The number of anilines is 1. The minimum Gasteiger partial charge on any atom is -0.382 e. The van der Waals surface area contributed by atoms with Crippen LogP contribution in [0.1, 0.15) is 20.3 Å². The molecule has 0 bridgehead atoms. The third-order valence-corrected chi connectivity index (χ3v) is 67.1. The van der Waals surface area contributed by atoms with E-state index in [1.54, 1.807) is 6.07 Å². The third kappa shape index (κ3) is 12.6. The van der Waals surface area contributed by atoms with Crippen LogP contribution in [0.15, 0.2) is 34.6 Å². The molecule has 25 heteroatoms. The summed E-state index contributed by atoms with van der Waals surface area (Å²) in [5.74, 6) is -1.76. The summed E-state index contributed by atoms with van der Waals surface area (Å²) in [4.78, 5) is 14.0. The van der Waals surface area contributed by atoms with E-state index in [0.717, 1.165) is 35.2 Å². The maximum Gasteiger partial charge on any atom is 0.175 e. The Morgan fingerprint density at radius 3 is 2.14 bits per heavy atom. The number of fused-ring (bicyclic) bond motifs is 1. The van der Waals surface area contributed by atoms with E-state index in [4.69, 9.17) is 130 Å². The Morgan fingerprint density at radius 1 is 1.07 bits per heavy atom. The second-order valence-electron chi connectivity index (χ2n) is 7.67. The number of hydrogen-bond acceptors (Lipinski definition) is 16. The molecular formula is C17H20Cl2N6PS14UW-. The smallest absolute Gasteiger partial charge is 0.175 e. The largest absolute Gasteiger partial charge is 0.382 e. The number of benzene rings is 1. The Morgan fingerprint density at radius 2 is 1.64 bits per heavy atom. The first-order valence-electron chi connectivity index (χ1n) is 10.5. The van der Waals surface area contributed by atoms with Gasteiger partial charge in [0.05, 0.1) is 6.56 Å². The molecular weight excluding hydrogens is 1260 g/mol. The second-order valence-corrected chi connectivity index (χ2v) is 49.2. The minimum absolute atomic E-state index is 0. The van der Waals surface area contributed by atoms with Crippen LogP contribution in [-0.2, 0) is 152 Å².